The van der Waals surface area contributed by atoms with E-state index in [1.165, 1.54) is 4.90 Å². The van der Waals surface area contributed by atoms with Gasteiger partial charge in [0.05, 0.1) is 6.54 Å². The molecule has 0 bridgehead atoms. The van der Waals surface area contributed by atoms with Crippen molar-refractivity contribution >= 4 is 35.3 Å². The summed E-state index contributed by atoms with van der Waals surface area (Å²) in [5.74, 6) is -1.94. The van der Waals surface area contributed by atoms with Gasteiger partial charge in [-0.15, -0.1) is 0 Å². The van der Waals surface area contributed by atoms with Crippen molar-refractivity contribution in [2.45, 2.75) is 57.5 Å². The number of anilines is 1. The Hall–Kier alpha value is -3.43. The molecule has 172 valence electrons. The Labute approximate surface area is 185 Å². The summed E-state index contributed by atoms with van der Waals surface area (Å²) in [5, 5.41) is 16.7. The average Bonchev–Trinajstić information content (AvgIpc) is 3.07. The zero-order valence-electron chi connectivity index (χ0n) is 17.8. The van der Waals surface area contributed by atoms with Crippen LogP contribution in [0.25, 0.3) is 0 Å². The number of hydrogen-bond acceptors (Lipinski definition) is 6. The van der Waals surface area contributed by atoms with E-state index in [0.29, 0.717) is 30.6 Å². The number of amides is 4. The lowest BCUT2D eigenvalue weighted by molar-refractivity contribution is -0.138. The van der Waals surface area contributed by atoms with E-state index in [1.54, 1.807) is 18.2 Å². The van der Waals surface area contributed by atoms with Gasteiger partial charge in [-0.3, -0.25) is 29.3 Å². The summed E-state index contributed by atoms with van der Waals surface area (Å²) in [4.78, 5) is 60.1. The highest BCUT2D eigenvalue weighted by atomic mass is 16.4. The molecule has 1 aromatic rings. The van der Waals surface area contributed by atoms with E-state index in [0.717, 1.165) is 24.8 Å². The first-order valence-electron chi connectivity index (χ1n) is 10.8. The molecule has 1 aromatic carbocycles. The molecule has 1 fully saturated rings. The van der Waals surface area contributed by atoms with E-state index in [2.05, 4.69) is 16.0 Å². The topological polar surface area (TPSA) is 145 Å². The van der Waals surface area contributed by atoms with E-state index < -0.39 is 17.9 Å². The number of carboxylic acids is 1. The second kappa shape index (κ2) is 10.7. The first kappa shape index (κ1) is 23.2. The first-order valence-corrected chi connectivity index (χ1v) is 10.8. The van der Waals surface area contributed by atoms with Crippen LogP contribution in [0.4, 0.5) is 5.69 Å². The second-order valence-corrected chi connectivity index (χ2v) is 8.03. The fourth-order valence-electron chi connectivity index (χ4n) is 3.91. The maximum absolute atomic E-state index is 12.7. The lowest BCUT2D eigenvalue weighted by atomic mass is 10.0. The van der Waals surface area contributed by atoms with Crippen LogP contribution in [0.2, 0.25) is 0 Å². The Morgan fingerprint density at radius 2 is 1.91 bits per heavy atom. The molecule has 2 aliphatic heterocycles. The molecule has 4 N–H and O–H groups in total. The van der Waals surface area contributed by atoms with Crippen LogP contribution in [0.15, 0.2) is 18.2 Å². The zero-order valence-corrected chi connectivity index (χ0v) is 17.8. The molecule has 3 rings (SSSR count). The van der Waals surface area contributed by atoms with Gasteiger partial charge in [0.15, 0.2) is 0 Å². The quantitative estimate of drug-likeness (QED) is 0.294. The minimum absolute atomic E-state index is 0.0859. The van der Waals surface area contributed by atoms with Crippen LogP contribution < -0.4 is 16.0 Å². The molecule has 1 unspecified atom stereocenters. The van der Waals surface area contributed by atoms with Gasteiger partial charge < -0.3 is 20.6 Å². The van der Waals surface area contributed by atoms with E-state index in [9.17, 15) is 24.0 Å². The second-order valence-electron chi connectivity index (χ2n) is 8.03. The first-order chi connectivity index (χ1) is 15.3. The van der Waals surface area contributed by atoms with Crippen molar-refractivity contribution in [3.8, 4) is 0 Å². The maximum atomic E-state index is 12.7. The van der Waals surface area contributed by atoms with Gasteiger partial charge >= 0.3 is 5.97 Å². The SMILES string of the molecule is O=C(O)CCCCCCNC(=O)CNc1ccc2c(c1)CN(C1CCC(=O)NC1=O)C2=O. The standard InChI is InChI=1S/C22H28N4O6/c27-18-9-8-17(21(31)25-18)26-13-14-11-15(6-7-16(14)22(26)32)24-12-19(28)23-10-4-2-1-3-5-20(29)30/h6-7,11,17,24H,1-5,8-10,12-13H2,(H,23,28)(H,29,30)(H,25,27,31). The third-order valence-corrected chi connectivity index (χ3v) is 5.62. The van der Waals surface area contributed by atoms with Crippen LogP contribution in [0.3, 0.4) is 0 Å². The molecule has 2 heterocycles. The lowest BCUT2D eigenvalue weighted by Gasteiger charge is -2.29. The molecule has 0 aromatic heterocycles. The Morgan fingerprint density at radius 3 is 2.66 bits per heavy atom. The molecular formula is C22H28N4O6. The van der Waals surface area contributed by atoms with E-state index in [1.807, 2.05) is 0 Å². The number of rotatable bonds is 11. The van der Waals surface area contributed by atoms with Crippen molar-refractivity contribution < 1.29 is 29.1 Å². The van der Waals surface area contributed by atoms with E-state index in [4.69, 9.17) is 5.11 Å². The van der Waals surface area contributed by atoms with Crippen LogP contribution in [-0.4, -0.2) is 58.7 Å². The molecule has 32 heavy (non-hydrogen) atoms. The van der Waals surface area contributed by atoms with Gasteiger partial charge in [0, 0.05) is 37.2 Å². The number of piperidine rings is 1. The van der Waals surface area contributed by atoms with Gasteiger partial charge in [0.1, 0.15) is 6.04 Å². The van der Waals surface area contributed by atoms with Crippen molar-refractivity contribution in [3.63, 3.8) is 0 Å². The van der Waals surface area contributed by atoms with Crippen molar-refractivity contribution in [3.05, 3.63) is 29.3 Å². The fourth-order valence-corrected chi connectivity index (χ4v) is 3.91. The van der Waals surface area contributed by atoms with Gasteiger partial charge in [0.25, 0.3) is 5.91 Å². The number of unbranched alkanes of at least 4 members (excludes halogenated alkanes) is 3. The van der Waals surface area contributed by atoms with Crippen molar-refractivity contribution in [2.24, 2.45) is 0 Å². The van der Waals surface area contributed by atoms with Crippen LogP contribution >= 0.6 is 0 Å². The molecule has 2 aliphatic rings. The summed E-state index contributed by atoms with van der Waals surface area (Å²) in [6, 6.07) is 4.55. The summed E-state index contributed by atoms with van der Waals surface area (Å²) in [5.41, 5.74) is 1.99. The number of nitrogens with zero attached hydrogens (tertiary/aromatic N) is 1. The third kappa shape index (κ3) is 6.05. The Balaban J connectivity index is 1.42. The number of carbonyl (C=O) groups is 5. The largest absolute Gasteiger partial charge is 0.481 e. The summed E-state index contributed by atoms with van der Waals surface area (Å²) in [7, 11) is 0. The molecule has 10 nitrogen and oxygen atoms in total. The van der Waals surface area contributed by atoms with Crippen LogP contribution in [-0.2, 0) is 25.7 Å². The number of carboxylic acid groups (broad SMARTS) is 1. The predicted octanol–water partition coefficient (Wildman–Crippen LogP) is 1.01. The van der Waals surface area contributed by atoms with Gasteiger partial charge in [-0.2, -0.15) is 0 Å². The molecule has 0 aliphatic carbocycles. The zero-order chi connectivity index (χ0) is 23.1. The summed E-state index contributed by atoms with van der Waals surface area (Å²) in [6.07, 6.45) is 3.83. The normalized spacial score (nSPS) is 17.7. The van der Waals surface area contributed by atoms with Gasteiger partial charge in [0.2, 0.25) is 17.7 Å². The predicted molar refractivity (Wildman–Crippen MR) is 115 cm³/mol. The summed E-state index contributed by atoms with van der Waals surface area (Å²) >= 11 is 0. The van der Waals surface area contributed by atoms with Crippen molar-refractivity contribution in [2.75, 3.05) is 18.4 Å². The minimum atomic E-state index is -0.788. The minimum Gasteiger partial charge on any atom is -0.481 e. The van der Waals surface area contributed by atoms with Crippen molar-refractivity contribution in [1.29, 1.82) is 0 Å². The number of imide groups is 1. The Morgan fingerprint density at radius 1 is 1.12 bits per heavy atom. The summed E-state index contributed by atoms with van der Waals surface area (Å²) in [6.45, 7) is 0.903. The van der Waals surface area contributed by atoms with E-state index >= 15 is 0 Å². The maximum Gasteiger partial charge on any atom is 0.303 e. The number of carbonyl (C=O) groups excluding carboxylic acids is 4. The summed E-state index contributed by atoms with van der Waals surface area (Å²) < 4.78 is 0. The number of hydrogen-bond donors (Lipinski definition) is 4. The van der Waals surface area contributed by atoms with Crippen LogP contribution in [0, 0.1) is 0 Å². The average molecular weight is 444 g/mol. The Bertz CT molecular complexity index is 916. The lowest BCUT2D eigenvalue weighted by Crippen LogP contribution is -2.52. The molecular weight excluding hydrogens is 416 g/mol. The third-order valence-electron chi connectivity index (χ3n) is 5.62. The number of fused-ring (bicyclic) bond motifs is 1. The van der Waals surface area contributed by atoms with Crippen molar-refractivity contribution in [1.82, 2.24) is 15.5 Å². The Kier molecular flexibility index (Phi) is 7.80. The molecule has 4 amide bonds. The van der Waals surface area contributed by atoms with Crippen LogP contribution in [0.1, 0.15) is 60.9 Å². The van der Waals surface area contributed by atoms with Gasteiger partial charge in [-0.05, 0) is 43.0 Å². The van der Waals surface area contributed by atoms with Gasteiger partial charge in [-0.1, -0.05) is 12.8 Å². The number of nitrogens with one attached hydrogen (secondary N) is 3. The smallest absolute Gasteiger partial charge is 0.303 e. The molecule has 0 spiro atoms. The van der Waals surface area contributed by atoms with Crippen LogP contribution in [0.5, 0.6) is 0 Å². The molecule has 1 atom stereocenters. The molecule has 0 radical (unpaired) electrons. The molecule has 1 saturated heterocycles. The monoisotopic (exact) mass is 444 g/mol. The molecule has 0 saturated carbocycles. The fraction of sp³-hybridized carbons (Fsp3) is 0.500. The molecule has 10 heteroatoms. The highest BCUT2D eigenvalue weighted by Crippen LogP contribution is 2.29. The van der Waals surface area contributed by atoms with E-state index in [-0.39, 0.29) is 43.7 Å². The highest BCUT2D eigenvalue weighted by molar-refractivity contribution is 6.05. The highest BCUT2D eigenvalue weighted by Gasteiger charge is 2.39. The number of benzene rings is 1. The van der Waals surface area contributed by atoms with Gasteiger partial charge in [-0.25, -0.2) is 0 Å². The number of aliphatic carboxylic acids is 1.